The molecule has 8 heteroatoms. The number of rotatable bonds is 4. The first-order valence-electron chi connectivity index (χ1n) is 7.59. The minimum atomic E-state index is -2.95. The highest BCUT2D eigenvalue weighted by Crippen LogP contribution is 2.35. The zero-order chi connectivity index (χ0) is 17.3. The Bertz CT molecular complexity index is 818. The Hall–Kier alpha value is -1.80. The van der Waals surface area contributed by atoms with Gasteiger partial charge in [-0.1, -0.05) is 23.9 Å². The Morgan fingerprint density at radius 3 is 2.96 bits per heavy atom. The standard InChI is InChI=1S/C16H19N3O3S2/c1-3-6-17-15(20)11-5-4-10(2)12(7-11)18-16-19-13-8-24(21,22)9-14(13)23-16/h3-5,7,13-14H,1,6,8-9H2,2H3,(H,17,20)(H,18,19)/t13-,14+/m1/s1. The van der Waals surface area contributed by atoms with Crippen LogP contribution in [0.25, 0.3) is 0 Å². The largest absolute Gasteiger partial charge is 0.349 e. The summed E-state index contributed by atoms with van der Waals surface area (Å²) in [5, 5.41) is 6.69. The van der Waals surface area contributed by atoms with Crippen LogP contribution in [0.5, 0.6) is 0 Å². The fraction of sp³-hybridized carbons (Fsp3) is 0.375. The molecule has 1 aromatic rings. The average molecular weight is 365 g/mol. The van der Waals surface area contributed by atoms with Crippen molar-refractivity contribution in [1.29, 1.82) is 0 Å². The molecule has 1 amide bonds. The number of aliphatic imine (C=N–C) groups is 1. The molecule has 0 spiro atoms. The number of fused-ring (bicyclic) bond motifs is 1. The van der Waals surface area contributed by atoms with E-state index in [1.807, 2.05) is 13.0 Å². The van der Waals surface area contributed by atoms with Crippen LogP contribution in [0.2, 0.25) is 0 Å². The molecule has 0 aliphatic carbocycles. The lowest BCUT2D eigenvalue weighted by molar-refractivity contribution is 0.0958. The van der Waals surface area contributed by atoms with Crippen molar-refractivity contribution in [3.05, 3.63) is 42.0 Å². The summed E-state index contributed by atoms with van der Waals surface area (Å²) in [6, 6.07) is 5.25. The van der Waals surface area contributed by atoms with E-state index in [0.29, 0.717) is 17.3 Å². The second-order valence-corrected chi connectivity index (χ2v) is 9.27. The molecule has 0 aromatic heterocycles. The number of carbonyl (C=O) groups excluding carboxylic acids is 1. The van der Waals surface area contributed by atoms with E-state index in [-0.39, 0.29) is 28.7 Å². The lowest BCUT2D eigenvalue weighted by atomic mass is 10.1. The number of benzene rings is 1. The summed E-state index contributed by atoms with van der Waals surface area (Å²) in [6.07, 6.45) is 1.63. The smallest absolute Gasteiger partial charge is 0.251 e. The van der Waals surface area contributed by atoms with E-state index in [4.69, 9.17) is 0 Å². The van der Waals surface area contributed by atoms with Crippen LogP contribution in [0, 0.1) is 6.92 Å². The van der Waals surface area contributed by atoms with Crippen LogP contribution in [0.3, 0.4) is 0 Å². The topological polar surface area (TPSA) is 87.6 Å². The molecule has 128 valence electrons. The summed E-state index contributed by atoms with van der Waals surface area (Å²) in [5.74, 6) is 0.140. The molecule has 1 fully saturated rings. The van der Waals surface area contributed by atoms with E-state index in [0.717, 1.165) is 11.3 Å². The van der Waals surface area contributed by atoms with Crippen molar-refractivity contribution in [2.75, 3.05) is 23.4 Å². The van der Waals surface area contributed by atoms with Crippen LogP contribution in [-0.4, -0.2) is 48.8 Å². The van der Waals surface area contributed by atoms with Gasteiger partial charge in [0.05, 0.1) is 17.5 Å². The number of hydrogen-bond donors (Lipinski definition) is 2. The number of sulfone groups is 1. The molecule has 2 N–H and O–H groups in total. The number of hydrogen-bond acceptors (Lipinski definition) is 6. The maximum absolute atomic E-state index is 12.0. The van der Waals surface area contributed by atoms with Crippen molar-refractivity contribution in [2.24, 2.45) is 4.99 Å². The van der Waals surface area contributed by atoms with Crippen molar-refractivity contribution in [1.82, 2.24) is 5.32 Å². The quantitative estimate of drug-likeness (QED) is 0.791. The summed E-state index contributed by atoms with van der Waals surface area (Å²) < 4.78 is 23.2. The van der Waals surface area contributed by atoms with E-state index in [2.05, 4.69) is 22.2 Å². The number of aryl methyl sites for hydroxylation is 1. The van der Waals surface area contributed by atoms with Gasteiger partial charge in [0.1, 0.15) is 0 Å². The molecule has 2 aliphatic rings. The highest BCUT2D eigenvalue weighted by molar-refractivity contribution is 8.15. The van der Waals surface area contributed by atoms with Crippen molar-refractivity contribution in [3.8, 4) is 0 Å². The molecule has 24 heavy (non-hydrogen) atoms. The number of anilines is 1. The molecular weight excluding hydrogens is 346 g/mol. The second-order valence-electron chi connectivity index (χ2n) is 5.89. The first kappa shape index (κ1) is 17.0. The molecule has 0 saturated carbocycles. The predicted molar refractivity (Wildman–Crippen MR) is 98.6 cm³/mol. The Morgan fingerprint density at radius 2 is 2.25 bits per heavy atom. The van der Waals surface area contributed by atoms with Gasteiger partial charge in [-0.2, -0.15) is 0 Å². The summed E-state index contributed by atoms with van der Waals surface area (Å²) >= 11 is 1.46. The molecule has 3 rings (SSSR count). The van der Waals surface area contributed by atoms with Gasteiger partial charge in [-0.3, -0.25) is 9.79 Å². The Labute approximate surface area is 145 Å². The molecule has 2 heterocycles. The molecule has 6 nitrogen and oxygen atoms in total. The van der Waals surface area contributed by atoms with Gasteiger partial charge < -0.3 is 10.6 Å². The lowest BCUT2D eigenvalue weighted by Crippen LogP contribution is -2.23. The van der Waals surface area contributed by atoms with Crippen LogP contribution in [0.15, 0.2) is 35.8 Å². The van der Waals surface area contributed by atoms with Crippen LogP contribution in [0.1, 0.15) is 15.9 Å². The second kappa shape index (κ2) is 6.60. The Balaban J connectivity index is 1.74. The van der Waals surface area contributed by atoms with Crippen molar-refractivity contribution in [2.45, 2.75) is 18.2 Å². The van der Waals surface area contributed by atoms with Gasteiger partial charge >= 0.3 is 0 Å². The van der Waals surface area contributed by atoms with Gasteiger partial charge in [0.25, 0.3) is 5.91 Å². The molecule has 2 aliphatic heterocycles. The van der Waals surface area contributed by atoms with E-state index in [9.17, 15) is 13.2 Å². The number of amidine groups is 1. The highest BCUT2D eigenvalue weighted by atomic mass is 32.2. The van der Waals surface area contributed by atoms with Crippen LogP contribution in [0.4, 0.5) is 5.69 Å². The molecule has 0 radical (unpaired) electrons. The first-order chi connectivity index (χ1) is 11.4. The monoisotopic (exact) mass is 365 g/mol. The predicted octanol–water partition coefficient (Wildman–Crippen LogP) is 1.59. The third-order valence-electron chi connectivity index (χ3n) is 3.97. The van der Waals surface area contributed by atoms with Crippen molar-refractivity contribution >= 4 is 38.4 Å². The first-order valence-corrected chi connectivity index (χ1v) is 10.3. The molecule has 2 atom stereocenters. The molecule has 1 aromatic carbocycles. The lowest BCUT2D eigenvalue weighted by Gasteiger charge is -2.11. The molecular formula is C16H19N3O3S2. The number of thioether (sulfide) groups is 1. The van der Waals surface area contributed by atoms with E-state index >= 15 is 0 Å². The summed E-state index contributed by atoms with van der Waals surface area (Å²) in [7, 11) is -2.95. The zero-order valence-electron chi connectivity index (χ0n) is 13.3. The van der Waals surface area contributed by atoms with Gasteiger partial charge in [-0.25, -0.2) is 8.42 Å². The third-order valence-corrected chi connectivity index (χ3v) is 7.11. The number of nitrogens with zero attached hydrogens (tertiary/aromatic N) is 1. The van der Waals surface area contributed by atoms with Crippen LogP contribution >= 0.6 is 11.8 Å². The summed E-state index contributed by atoms with van der Waals surface area (Å²) in [6.45, 7) is 5.93. The molecule has 0 unspecified atom stereocenters. The number of nitrogens with one attached hydrogen (secondary N) is 2. The van der Waals surface area contributed by atoms with Gasteiger partial charge in [0.15, 0.2) is 15.0 Å². The van der Waals surface area contributed by atoms with Gasteiger partial charge in [-0.15, -0.1) is 6.58 Å². The molecule has 1 saturated heterocycles. The van der Waals surface area contributed by atoms with Crippen LogP contribution < -0.4 is 10.6 Å². The number of amides is 1. The molecule has 0 bridgehead atoms. The van der Waals surface area contributed by atoms with E-state index in [1.54, 1.807) is 18.2 Å². The highest BCUT2D eigenvalue weighted by Gasteiger charge is 2.42. The van der Waals surface area contributed by atoms with Crippen molar-refractivity contribution < 1.29 is 13.2 Å². The number of carbonyl (C=O) groups is 1. The maximum atomic E-state index is 12.0. The third kappa shape index (κ3) is 3.64. The minimum Gasteiger partial charge on any atom is -0.349 e. The van der Waals surface area contributed by atoms with Gasteiger partial charge in [0, 0.05) is 23.0 Å². The van der Waals surface area contributed by atoms with Crippen molar-refractivity contribution in [3.63, 3.8) is 0 Å². The fourth-order valence-corrected chi connectivity index (χ4v) is 6.36. The van der Waals surface area contributed by atoms with Gasteiger partial charge in [0.2, 0.25) is 0 Å². The normalized spacial score (nSPS) is 24.1. The summed E-state index contributed by atoms with van der Waals surface area (Å²) in [5.41, 5.74) is 2.34. The fourth-order valence-electron chi connectivity index (χ4n) is 2.70. The minimum absolute atomic E-state index is 0.00289. The zero-order valence-corrected chi connectivity index (χ0v) is 14.9. The van der Waals surface area contributed by atoms with Crippen LogP contribution in [-0.2, 0) is 9.84 Å². The van der Waals surface area contributed by atoms with Gasteiger partial charge in [-0.05, 0) is 24.6 Å². The Kier molecular flexibility index (Phi) is 4.69. The maximum Gasteiger partial charge on any atom is 0.251 e. The van der Waals surface area contributed by atoms with E-state index < -0.39 is 9.84 Å². The summed E-state index contributed by atoms with van der Waals surface area (Å²) in [4.78, 5) is 16.5. The van der Waals surface area contributed by atoms with E-state index in [1.165, 1.54) is 11.8 Å². The SMILES string of the molecule is C=CCNC(=O)c1ccc(C)c(NC2=N[C@@H]3CS(=O)(=O)C[C@@H]3S2)c1. The average Bonchev–Trinajstić information content (AvgIpc) is 2.99. The Morgan fingerprint density at radius 1 is 1.46 bits per heavy atom.